The van der Waals surface area contributed by atoms with Crippen LogP contribution in [-0.4, -0.2) is 39.4 Å². The van der Waals surface area contributed by atoms with Gasteiger partial charge in [0.05, 0.1) is 4.92 Å². The minimum atomic E-state index is -1.45. The van der Waals surface area contributed by atoms with E-state index in [9.17, 15) is 19.7 Å². The standard InChI is InChI=1S/C12H13ClN2O5/c1-12(2,11(17)18)14(3)10(16)7-4-8(13)6-9(5-7)15(19)20/h4-6H,1-3H3,(H,17,18). The van der Waals surface area contributed by atoms with Crippen molar-refractivity contribution in [3.05, 3.63) is 38.9 Å². The number of non-ortho nitro benzene ring substituents is 1. The summed E-state index contributed by atoms with van der Waals surface area (Å²) in [6.45, 7) is 2.71. The predicted molar refractivity (Wildman–Crippen MR) is 71.9 cm³/mol. The van der Waals surface area contributed by atoms with Gasteiger partial charge in [0.25, 0.3) is 11.6 Å². The maximum Gasteiger partial charge on any atom is 0.329 e. The number of nitro benzene ring substituents is 1. The normalized spacial score (nSPS) is 11.0. The molecule has 0 heterocycles. The lowest BCUT2D eigenvalue weighted by Gasteiger charge is -2.31. The highest BCUT2D eigenvalue weighted by Gasteiger charge is 2.36. The third-order valence-corrected chi connectivity index (χ3v) is 3.23. The molecule has 0 aliphatic rings. The summed E-state index contributed by atoms with van der Waals surface area (Å²) < 4.78 is 0. The molecular weight excluding hydrogens is 288 g/mol. The molecule has 1 amide bonds. The van der Waals surface area contributed by atoms with Crippen molar-refractivity contribution >= 4 is 29.2 Å². The molecule has 0 aliphatic heterocycles. The quantitative estimate of drug-likeness (QED) is 0.678. The Bertz CT molecular complexity index is 585. The Balaban J connectivity index is 3.22. The Morgan fingerprint density at radius 1 is 1.35 bits per heavy atom. The van der Waals surface area contributed by atoms with E-state index in [0.29, 0.717) is 0 Å². The van der Waals surface area contributed by atoms with Crippen LogP contribution in [0.25, 0.3) is 0 Å². The first-order valence-electron chi connectivity index (χ1n) is 5.54. The van der Waals surface area contributed by atoms with E-state index in [4.69, 9.17) is 16.7 Å². The molecule has 1 aromatic carbocycles. The molecule has 0 aromatic heterocycles. The number of nitrogens with zero attached hydrogens (tertiary/aromatic N) is 2. The SMILES string of the molecule is CN(C(=O)c1cc(Cl)cc([N+](=O)[O-])c1)C(C)(C)C(=O)O. The number of carbonyl (C=O) groups excluding carboxylic acids is 1. The molecule has 7 nitrogen and oxygen atoms in total. The molecule has 0 bridgehead atoms. The number of hydrogen-bond donors (Lipinski definition) is 1. The number of hydrogen-bond acceptors (Lipinski definition) is 4. The second kappa shape index (κ2) is 5.46. The van der Waals surface area contributed by atoms with Gasteiger partial charge < -0.3 is 10.0 Å². The largest absolute Gasteiger partial charge is 0.480 e. The molecule has 1 aromatic rings. The first kappa shape index (κ1) is 15.9. The number of amides is 1. The van der Waals surface area contributed by atoms with E-state index >= 15 is 0 Å². The van der Waals surface area contributed by atoms with Gasteiger partial charge in [0, 0.05) is 29.8 Å². The van der Waals surface area contributed by atoms with E-state index < -0.39 is 22.3 Å². The maximum absolute atomic E-state index is 12.2. The van der Waals surface area contributed by atoms with Crippen LogP contribution in [0.4, 0.5) is 5.69 Å². The molecule has 1 rings (SSSR count). The summed E-state index contributed by atoms with van der Waals surface area (Å²) >= 11 is 5.73. The van der Waals surface area contributed by atoms with E-state index in [1.807, 2.05) is 0 Å². The molecule has 0 radical (unpaired) electrons. The summed E-state index contributed by atoms with van der Waals surface area (Å²) in [5, 5.41) is 19.8. The van der Waals surface area contributed by atoms with Gasteiger partial charge in [-0.15, -0.1) is 0 Å². The summed E-state index contributed by atoms with van der Waals surface area (Å²) in [5.41, 5.74) is -1.82. The number of halogens is 1. The Kier molecular flexibility index (Phi) is 4.34. The van der Waals surface area contributed by atoms with Crippen molar-refractivity contribution in [3.63, 3.8) is 0 Å². The number of carbonyl (C=O) groups is 2. The molecule has 1 N–H and O–H groups in total. The highest BCUT2D eigenvalue weighted by Crippen LogP contribution is 2.23. The number of carboxylic acids is 1. The summed E-state index contributed by atoms with van der Waals surface area (Å²) in [4.78, 5) is 34.4. The summed E-state index contributed by atoms with van der Waals surface area (Å²) in [5.74, 6) is -1.85. The minimum absolute atomic E-state index is 0.0316. The van der Waals surface area contributed by atoms with Gasteiger partial charge in [-0.2, -0.15) is 0 Å². The van der Waals surface area contributed by atoms with E-state index in [-0.39, 0.29) is 16.3 Å². The zero-order valence-corrected chi connectivity index (χ0v) is 11.8. The average molecular weight is 301 g/mol. The van der Waals surface area contributed by atoms with Crippen LogP contribution >= 0.6 is 11.6 Å². The van der Waals surface area contributed by atoms with Gasteiger partial charge in [-0.3, -0.25) is 14.9 Å². The van der Waals surface area contributed by atoms with E-state index in [1.165, 1.54) is 27.0 Å². The monoisotopic (exact) mass is 300 g/mol. The van der Waals surface area contributed by atoms with Crippen LogP contribution in [0.5, 0.6) is 0 Å². The Labute approximate surface area is 119 Å². The first-order chi connectivity index (χ1) is 9.07. The highest BCUT2D eigenvalue weighted by atomic mass is 35.5. The summed E-state index contributed by atoms with van der Waals surface area (Å²) in [6.07, 6.45) is 0. The smallest absolute Gasteiger partial charge is 0.329 e. The molecule has 8 heteroatoms. The van der Waals surface area contributed by atoms with Crippen molar-refractivity contribution in [3.8, 4) is 0 Å². The zero-order valence-electron chi connectivity index (χ0n) is 11.1. The number of aliphatic carboxylic acids is 1. The molecule has 108 valence electrons. The zero-order chi connectivity index (χ0) is 15.7. The van der Waals surface area contributed by atoms with Gasteiger partial charge in [0.15, 0.2) is 0 Å². The molecule has 0 aliphatic carbocycles. The lowest BCUT2D eigenvalue weighted by Crippen LogP contribution is -2.50. The van der Waals surface area contributed by atoms with Crippen molar-refractivity contribution in [2.24, 2.45) is 0 Å². The van der Waals surface area contributed by atoms with Crippen molar-refractivity contribution in [1.82, 2.24) is 4.90 Å². The van der Waals surface area contributed by atoms with Crippen molar-refractivity contribution < 1.29 is 19.6 Å². The number of likely N-dealkylation sites (N-methyl/N-ethyl adjacent to an activating group) is 1. The Hall–Kier alpha value is -2.15. The van der Waals surface area contributed by atoms with E-state index in [1.54, 1.807) is 0 Å². The van der Waals surface area contributed by atoms with Gasteiger partial charge in [0.1, 0.15) is 5.54 Å². The predicted octanol–water partition coefficient (Wildman–Crippen LogP) is 2.18. The van der Waals surface area contributed by atoms with Crippen molar-refractivity contribution in [2.75, 3.05) is 7.05 Å². The Morgan fingerprint density at radius 3 is 2.35 bits per heavy atom. The van der Waals surface area contributed by atoms with Gasteiger partial charge in [0.2, 0.25) is 0 Å². The van der Waals surface area contributed by atoms with Crippen LogP contribution in [0.1, 0.15) is 24.2 Å². The topological polar surface area (TPSA) is 101 Å². The van der Waals surface area contributed by atoms with Crippen molar-refractivity contribution in [1.29, 1.82) is 0 Å². The second-order valence-electron chi connectivity index (χ2n) is 4.68. The molecule has 20 heavy (non-hydrogen) atoms. The molecular formula is C12H13ClN2O5. The maximum atomic E-state index is 12.2. The van der Waals surface area contributed by atoms with E-state index in [0.717, 1.165) is 17.0 Å². The number of rotatable bonds is 4. The lowest BCUT2D eigenvalue weighted by molar-refractivity contribution is -0.384. The fourth-order valence-electron chi connectivity index (χ4n) is 1.39. The number of nitro groups is 1. The minimum Gasteiger partial charge on any atom is -0.480 e. The molecule has 0 fully saturated rings. The molecule has 0 spiro atoms. The van der Waals surface area contributed by atoms with Gasteiger partial charge in [-0.25, -0.2) is 4.79 Å². The van der Waals surface area contributed by atoms with Crippen LogP contribution in [0.2, 0.25) is 5.02 Å². The number of carboxylic acid groups (broad SMARTS) is 1. The molecule has 0 saturated heterocycles. The van der Waals surface area contributed by atoms with E-state index in [2.05, 4.69) is 0 Å². The summed E-state index contributed by atoms with van der Waals surface area (Å²) in [6, 6.07) is 3.43. The van der Waals surface area contributed by atoms with Gasteiger partial charge in [-0.05, 0) is 19.9 Å². The first-order valence-corrected chi connectivity index (χ1v) is 5.91. The van der Waals surface area contributed by atoms with Crippen LogP contribution in [0, 0.1) is 10.1 Å². The van der Waals surface area contributed by atoms with Crippen LogP contribution in [-0.2, 0) is 4.79 Å². The fourth-order valence-corrected chi connectivity index (χ4v) is 1.62. The summed E-state index contributed by atoms with van der Waals surface area (Å²) in [7, 11) is 1.31. The van der Waals surface area contributed by atoms with Crippen LogP contribution < -0.4 is 0 Å². The molecule has 0 unspecified atom stereocenters. The Morgan fingerprint density at radius 2 is 1.90 bits per heavy atom. The average Bonchev–Trinajstić information content (AvgIpc) is 2.35. The number of benzene rings is 1. The van der Waals surface area contributed by atoms with Gasteiger partial charge >= 0.3 is 5.97 Å². The van der Waals surface area contributed by atoms with Crippen molar-refractivity contribution in [2.45, 2.75) is 19.4 Å². The van der Waals surface area contributed by atoms with Crippen LogP contribution in [0.15, 0.2) is 18.2 Å². The molecule has 0 atom stereocenters. The lowest BCUT2D eigenvalue weighted by atomic mass is 10.0. The van der Waals surface area contributed by atoms with Crippen LogP contribution in [0.3, 0.4) is 0 Å². The highest BCUT2D eigenvalue weighted by molar-refractivity contribution is 6.31. The second-order valence-corrected chi connectivity index (χ2v) is 5.12. The molecule has 0 saturated carbocycles. The fraction of sp³-hybridized carbons (Fsp3) is 0.333. The van der Waals surface area contributed by atoms with Gasteiger partial charge in [-0.1, -0.05) is 11.6 Å². The third-order valence-electron chi connectivity index (χ3n) is 3.01. The third kappa shape index (κ3) is 3.05.